The van der Waals surface area contributed by atoms with Crippen LogP contribution in [0.15, 0.2) is 12.2 Å². The largest absolute Gasteiger partial charge is 0.287 e. The first-order valence-corrected chi connectivity index (χ1v) is 5.37. The lowest BCUT2D eigenvalue weighted by molar-refractivity contribution is 0.208. The van der Waals surface area contributed by atoms with Crippen LogP contribution in [0.5, 0.6) is 0 Å². The highest BCUT2D eigenvalue weighted by Crippen LogP contribution is 2.36. The molecule has 0 bridgehead atoms. The van der Waals surface area contributed by atoms with E-state index in [-0.39, 0.29) is 0 Å². The summed E-state index contributed by atoms with van der Waals surface area (Å²) in [6, 6.07) is 0. The lowest BCUT2D eigenvalue weighted by Gasteiger charge is -2.37. The van der Waals surface area contributed by atoms with Gasteiger partial charge in [0.05, 0.1) is 0 Å². The van der Waals surface area contributed by atoms with Crippen LogP contribution in [0.1, 0.15) is 33.1 Å². The Hall–Kier alpha value is 0.130. The number of allylic oxidation sites excluding steroid dienone is 2. The Morgan fingerprint density at radius 2 is 2.00 bits per heavy atom. The molecule has 0 aliphatic carbocycles. The summed E-state index contributed by atoms with van der Waals surface area (Å²) in [6.07, 6.45) is 8.54. The summed E-state index contributed by atoms with van der Waals surface area (Å²) >= 11 is 0. The highest BCUT2D eigenvalue weighted by atomic mass is 31.0. The molecule has 1 heterocycles. The van der Waals surface area contributed by atoms with Gasteiger partial charge in [0.2, 0.25) is 0 Å². The first-order chi connectivity index (χ1) is 5.72. The molecule has 1 aliphatic rings. The predicted molar refractivity (Wildman–Crippen MR) is 58.1 cm³/mol. The number of nitrogens with zero attached hydrogens (tertiary/aromatic N) is 1. The summed E-state index contributed by atoms with van der Waals surface area (Å²) in [4.78, 5) is 0. The van der Waals surface area contributed by atoms with Crippen molar-refractivity contribution in [2.75, 3.05) is 13.1 Å². The number of piperidine rings is 1. The fraction of sp³-hybridized carbons (Fsp3) is 0.800. The molecule has 0 spiro atoms. The van der Waals surface area contributed by atoms with Crippen LogP contribution in [0.25, 0.3) is 0 Å². The van der Waals surface area contributed by atoms with Crippen molar-refractivity contribution in [2.45, 2.75) is 33.1 Å². The van der Waals surface area contributed by atoms with Gasteiger partial charge < -0.3 is 0 Å². The molecular formula is C10H20NP. The van der Waals surface area contributed by atoms with Gasteiger partial charge in [-0.3, -0.25) is 4.67 Å². The lowest BCUT2D eigenvalue weighted by atomic mass is 9.76. The minimum atomic E-state index is 0.516. The van der Waals surface area contributed by atoms with Crippen LogP contribution in [0.2, 0.25) is 0 Å². The average Bonchev–Trinajstić information content (AvgIpc) is 2.10. The minimum absolute atomic E-state index is 0.516. The Labute approximate surface area is 78.5 Å². The third-order valence-electron chi connectivity index (χ3n) is 3.02. The van der Waals surface area contributed by atoms with Gasteiger partial charge in [0.15, 0.2) is 0 Å². The molecule has 12 heavy (non-hydrogen) atoms. The SMILES string of the molecule is C/C=C\C1(CC)CCN(P)CC1. The first kappa shape index (κ1) is 10.2. The Bertz CT molecular complexity index is 157. The van der Waals surface area contributed by atoms with E-state index in [4.69, 9.17) is 0 Å². The molecule has 0 N–H and O–H groups in total. The Balaban J connectivity index is 2.57. The van der Waals surface area contributed by atoms with E-state index in [0.717, 1.165) is 0 Å². The molecule has 1 rings (SSSR count). The first-order valence-electron chi connectivity index (χ1n) is 4.86. The summed E-state index contributed by atoms with van der Waals surface area (Å²) in [5.41, 5.74) is 0.516. The lowest BCUT2D eigenvalue weighted by Crippen LogP contribution is -2.33. The highest BCUT2D eigenvalue weighted by Gasteiger charge is 2.28. The van der Waals surface area contributed by atoms with Crippen molar-refractivity contribution in [1.29, 1.82) is 0 Å². The fourth-order valence-electron chi connectivity index (χ4n) is 1.96. The van der Waals surface area contributed by atoms with Gasteiger partial charge in [0.1, 0.15) is 0 Å². The van der Waals surface area contributed by atoms with Crippen LogP contribution in [0.4, 0.5) is 0 Å². The molecule has 1 fully saturated rings. The molecule has 0 radical (unpaired) electrons. The fourth-order valence-corrected chi connectivity index (χ4v) is 2.22. The smallest absolute Gasteiger partial charge is 0.00244 e. The highest BCUT2D eigenvalue weighted by molar-refractivity contribution is 7.13. The molecule has 2 heteroatoms. The zero-order chi connectivity index (χ0) is 9.03. The average molecular weight is 185 g/mol. The molecule has 0 aromatic heterocycles. The molecule has 1 unspecified atom stereocenters. The van der Waals surface area contributed by atoms with Gasteiger partial charge in [-0.05, 0) is 31.6 Å². The van der Waals surface area contributed by atoms with Crippen LogP contribution in [-0.4, -0.2) is 17.8 Å². The summed E-state index contributed by atoms with van der Waals surface area (Å²) in [5, 5.41) is 0. The summed E-state index contributed by atoms with van der Waals surface area (Å²) in [7, 11) is 2.80. The van der Waals surface area contributed by atoms with E-state index < -0.39 is 0 Å². The molecule has 0 aromatic carbocycles. The van der Waals surface area contributed by atoms with E-state index in [1.54, 1.807) is 0 Å². The number of hydrogen-bond donors (Lipinski definition) is 0. The molecule has 0 saturated carbocycles. The summed E-state index contributed by atoms with van der Waals surface area (Å²) < 4.78 is 2.34. The van der Waals surface area contributed by atoms with Gasteiger partial charge in [-0.2, -0.15) is 0 Å². The quantitative estimate of drug-likeness (QED) is 0.472. The van der Waals surface area contributed by atoms with Crippen molar-refractivity contribution >= 4 is 9.39 Å². The van der Waals surface area contributed by atoms with E-state index in [9.17, 15) is 0 Å². The van der Waals surface area contributed by atoms with Gasteiger partial charge in [-0.25, -0.2) is 0 Å². The van der Waals surface area contributed by atoms with Crippen molar-refractivity contribution in [2.24, 2.45) is 5.41 Å². The van der Waals surface area contributed by atoms with E-state index in [0.29, 0.717) is 5.41 Å². The Morgan fingerprint density at radius 3 is 2.42 bits per heavy atom. The van der Waals surface area contributed by atoms with Gasteiger partial charge >= 0.3 is 0 Å². The van der Waals surface area contributed by atoms with Crippen molar-refractivity contribution in [1.82, 2.24) is 4.67 Å². The standard InChI is InChI=1S/C10H20NP/c1-3-5-10(4-2)6-8-11(12)9-7-10/h3,5H,4,6-9,12H2,1-2H3/b5-3-. The number of rotatable bonds is 2. The van der Waals surface area contributed by atoms with Crippen molar-refractivity contribution in [3.63, 3.8) is 0 Å². The topological polar surface area (TPSA) is 3.24 Å². The van der Waals surface area contributed by atoms with Gasteiger partial charge in [-0.1, -0.05) is 28.5 Å². The van der Waals surface area contributed by atoms with Crippen LogP contribution >= 0.6 is 9.39 Å². The Kier molecular flexibility index (Phi) is 3.74. The zero-order valence-electron chi connectivity index (χ0n) is 8.21. The van der Waals surface area contributed by atoms with Crippen molar-refractivity contribution in [3.8, 4) is 0 Å². The molecule has 1 aliphatic heterocycles. The normalized spacial score (nSPS) is 24.9. The van der Waals surface area contributed by atoms with Gasteiger partial charge in [-0.15, -0.1) is 0 Å². The Morgan fingerprint density at radius 1 is 1.42 bits per heavy atom. The maximum atomic E-state index is 2.80. The maximum Gasteiger partial charge on any atom is 0.00244 e. The molecule has 70 valence electrons. The monoisotopic (exact) mass is 185 g/mol. The summed E-state index contributed by atoms with van der Waals surface area (Å²) in [5.74, 6) is 0. The molecule has 1 saturated heterocycles. The third-order valence-corrected chi connectivity index (χ3v) is 3.53. The van der Waals surface area contributed by atoms with Gasteiger partial charge in [0.25, 0.3) is 0 Å². The second-order valence-electron chi connectivity index (χ2n) is 3.75. The second kappa shape index (κ2) is 4.39. The van der Waals surface area contributed by atoms with E-state index >= 15 is 0 Å². The minimum Gasteiger partial charge on any atom is -0.287 e. The second-order valence-corrected chi connectivity index (χ2v) is 4.48. The maximum absolute atomic E-state index is 2.80. The summed E-state index contributed by atoms with van der Waals surface area (Å²) in [6.45, 7) is 6.88. The third kappa shape index (κ3) is 2.31. The van der Waals surface area contributed by atoms with Crippen LogP contribution in [0, 0.1) is 5.41 Å². The van der Waals surface area contributed by atoms with Crippen molar-refractivity contribution in [3.05, 3.63) is 12.2 Å². The van der Waals surface area contributed by atoms with Crippen LogP contribution < -0.4 is 0 Å². The predicted octanol–water partition coefficient (Wildman–Crippen LogP) is 2.84. The van der Waals surface area contributed by atoms with E-state index in [2.05, 4.69) is 40.1 Å². The molecule has 1 nitrogen and oxygen atoms in total. The molecular weight excluding hydrogens is 165 g/mol. The molecule has 0 amide bonds. The van der Waals surface area contributed by atoms with Crippen LogP contribution in [0.3, 0.4) is 0 Å². The zero-order valence-corrected chi connectivity index (χ0v) is 9.37. The van der Waals surface area contributed by atoms with E-state index in [1.807, 2.05) is 0 Å². The van der Waals surface area contributed by atoms with Crippen molar-refractivity contribution < 1.29 is 0 Å². The molecule has 1 atom stereocenters. The van der Waals surface area contributed by atoms with Gasteiger partial charge in [0, 0.05) is 13.1 Å². The van der Waals surface area contributed by atoms with Crippen LogP contribution in [-0.2, 0) is 0 Å². The van der Waals surface area contributed by atoms with E-state index in [1.165, 1.54) is 32.4 Å². The number of hydrogen-bond acceptors (Lipinski definition) is 1. The molecule has 0 aromatic rings.